The van der Waals surface area contributed by atoms with E-state index in [-0.39, 0.29) is 0 Å². The average molecular weight is 189 g/mol. The molecular formula is C13H19N. The molecule has 0 bridgehead atoms. The van der Waals surface area contributed by atoms with Crippen molar-refractivity contribution in [3.05, 3.63) is 11.8 Å². The molecule has 1 heterocycles. The Kier molecular flexibility index (Phi) is 4.46. The van der Waals surface area contributed by atoms with Crippen LogP contribution in [0.5, 0.6) is 0 Å². The predicted octanol–water partition coefficient (Wildman–Crippen LogP) is 3.56. The highest BCUT2D eigenvalue weighted by Crippen LogP contribution is 2.27. The highest BCUT2D eigenvalue weighted by molar-refractivity contribution is 5.83. The lowest BCUT2D eigenvalue weighted by Crippen LogP contribution is -1.96. The topological polar surface area (TPSA) is 12.4 Å². The van der Waals surface area contributed by atoms with Crippen molar-refractivity contribution in [1.29, 1.82) is 0 Å². The molecule has 1 saturated carbocycles. The minimum absolute atomic E-state index is 0.706. The largest absolute Gasteiger partial charge is 0.265 e. The summed E-state index contributed by atoms with van der Waals surface area (Å²) in [6.45, 7) is 6.07. The zero-order valence-corrected chi connectivity index (χ0v) is 9.43. The Hall–Kier alpha value is -1.03. The lowest BCUT2D eigenvalue weighted by Gasteiger charge is -2.04. The average Bonchev–Trinajstić information content (AvgIpc) is 3.04. The quantitative estimate of drug-likeness (QED) is 0.517. The molecule has 0 aromatic heterocycles. The summed E-state index contributed by atoms with van der Waals surface area (Å²) >= 11 is 0. The zero-order chi connectivity index (χ0) is 10.4. The third-order valence-corrected chi connectivity index (χ3v) is 2.21. The van der Waals surface area contributed by atoms with Crippen molar-refractivity contribution in [2.24, 2.45) is 10.9 Å². The molecule has 0 aromatic carbocycles. The Morgan fingerprint density at radius 2 is 2.00 bits per heavy atom. The van der Waals surface area contributed by atoms with E-state index in [0.29, 0.717) is 5.92 Å². The lowest BCUT2D eigenvalue weighted by molar-refractivity contribution is 1.01. The second-order valence-electron chi connectivity index (χ2n) is 3.56. The zero-order valence-electron chi connectivity index (χ0n) is 9.43. The fraction of sp³-hybridized carbons (Fsp3) is 0.615. The van der Waals surface area contributed by atoms with Gasteiger partial charge in [-0.25, -0.2) is 0 Å². The summed E-state index contributed by atoms with van der Waals surface area (Å²) in [6.07, 6.45) is 6.72. The standard InChI is InChI=1S/C11H13N.C2H6/c1-9-2-3-11(8-12-9)7-6-10-4-5-10;1-2/h8,10H,2-5H2,1H3;1-2H3. The molecule has 1 nitrogen and oxygen atoms in total. The van der Waals surface area contributed by atoms with Crippen LogP contribution in [0.3, 0.4) is 0 Å². The van der Waals surface area contributed by atoms with Crippen molar-refractivity contribution in [2.45, 2.75) is 46.5 Å². The molecule has 14 heavy (non-hydrogen) atoms. The Labute approximate surface area is 87.3 Å². The highest BCUT2D eigenvalue weighted by Gasteiger charge is 2.17. The van der Waals surface area contributed by atoms with E-state index in [2.05, 4.69) is 23.8 Å². The van der Waals surface area contributed by atoms with Crippen molar-refractivity contribution in [2.75, 3.05) is 0 Å². The molecule has 0 aromatic rings. The van der Waals surface area contributed by atoms with Crippen LogP contribution in [0, 0.1) is 17.8 Å². The Balaban J connectivity index is 0.000000461. The van der Waals surface area contributed by atoms with Gasteiger partial charge < -0.3 is 0 Å². The molecule has 76 valence electrons. The summed E-state index contributed by atoms with van der Waals surface area (Å²) in [5.74, 6) is 7.17. The number of hydrogen-bond donors (Lipinski definition) is 0. The van der Waals surface area contributed by atoms with Crippen molar-refractivity contribution in [3.63, 3.8) is 0 Å². The Morgan fingerprint density at radius 3 is 2.50 bits per heavy atom. The fourth-order valence-electron chi connectivity index (χ4n) is 1.15. The van der Waals surface area contributed by atoms with Crippen molar-refractivity contribution >= 4 is 5.71 Å². The summed E-state index contributed by atoms with van der Waals surface area (Å²) < 4.78 is 0. The number of allylic oxidation sites excluding steroid dienone is 1. The van der Waals surface area contributed by atoms with Crippen LogP contribution in [0.15, 0.2) is 16.8 Å². The minimum atomic E-state index is 0.706. The molecule has 0 amide bonds. The van der Waals surface area contributed by atoms with E-state index >= 15 is 0 Å². The first kappa shape index (κ1) is 11.0. The van der Waals surface area contributed by atoms with Gasteiger partial charge in [0.25, 0.3) is 0 Å². The van der Waals surface area contributed by atoms with Crippen LogP contribution in [0.4, 0.5) is 0 Å². The van der Waals surface area contributed by atoms with Crippen LogP contribution >= 0.6 is 0 Å². The second kappa shape index (κ2) is 5.65. The predicted molar refractivity (Wildman–Crippen MR) is 62.3 cm³/mol. The molecule has 1 heteroatoms. The molecule has 0 atom stereocenters. The Morgan fingerprint density at radius 1 is 1.29 bits per heavy atom. The summed E-state index contributed by atoms with van der Waals surface area (Å²) in [6, 6.07) is 0. The maximum absolute atomic E-state index is 4.26. The maximum Gasteiger partial charge on any atom is 0.0382 e. The second-order valence-corrected chi connectivity index (χ2v) is 3.56. The Bertz CT molecular complexity index is 295. The van der Waals surface area contributed by atoms with Crippen LogP contribution in [-0.2, 0) is 0 Å². The van der Waals surface area contributed by atoms with Gasteiger partial charge >= 0.3 is 0 Å². The van der Waals surface area contributed by atoms with E-state index in [9.17, 15) is 0 Å². The summed E-state index contributed by atoms with van der Waals surface area (Å²) in [7, 11) is 0. The van der Waals surface area contributed by atoms with E-state index in [1.165, 1.54) is 24.1 Å². The first-order chi connectivity index (χ1) is 6.84. The number of aliphatic imine (C=N–C) groups is 1. The normalized spacial score (nSPS) is 19.4. The van der Waals surface area contributed by atoms with Crippen LogP contribution in [0.1, 0.15) is 46.5 Å². The van der Waals surface area contributed by atoms with Crippen molar-refractivity contribution in [1.82, 2.24) is 0 Å². The summed E-state index contributed by atoms with van der Waals surface area (Å²) in [5, 5.41) is 0. The molecule has 1 aliphatic heterocycles. The molecule has 2 aliphatic rings. The van der Waals surface area contributed by atoms with Gasteiger partial charge in [-0.15, -0.1) is 0 Å². The van der Waals surface area contributed by atoms with E-state index in [0.717, 1.165) is 12.8 Å². The SMILES string of the molecule is CC.CC1=NC=C(C#CC2CC2)CC1. The third kappa shape index (κ3) is 3.79. The number of hydrogen-bond acceptors (Lipinski definition) is 1. The first-order valence-corrected chi connectivity index (χ1v) is 5.58. The van der Waals surface area contributed by atoms with Crippen molar-refractivity contribution < 1.29 is 0 Å². The van der Waals surface area contributed by atoms with E-state index in [1.54, 1.807) is 0 Å². The highest BCUT2D eigenvalue weighted by atomic mass is 14.7. The van der Waals surface area contributed by atoms with E-state index < -0.39 is 0 Å². The van der Waals surface area contributed by atoms with E-state index in [1.807, 2.05) is 20.0 Å². The van der Waals surface area contributed by atoms with Gasteiger partial charge in [0.1, 0.15) is 0 Å². The molecule has 0 N–H and O–H groups in total. The molecular weight excluding hydrogens is 170 g/mol. The summed E-state index contributed by atoms with van der Waals surface area (Å²) in [4.78, 5) is 4.26. The van der Waals surface area contributed by atoms with E-state index in [4.69, 9.17) is 0 Å². The van der Waals surface area contributed by atoms with Gasteiger partial charge in [0.2, 0.25) is 0 Å². The lowest BCUT2D eigenvalue weighted by atomic mass is 10.1. The van der Waals surface area contributed by atoms with Crippen LogP contribution in [-0.4, -0.2) is 5.71 Å². The monoisotopic (exact) mass is 189 g/mol. The molecule has 1 aliphatic carbocycles. The third-order valence-electron chi connectivity index (χ3n) is 2.21. The van der Waals surface area contributed by atoms with Gasteiger partial charge in [-0.1, -0.05) is 25.7 Å². The fourth-order valence-corrected chi connectivity index (χ4v) is 1.15. The molecule has 1 fully saturated rings. The van der Waals surface area contributed by atoms with Gasteiger partial charge in [0.15, 0.2) is 0 Å². The minimum Gasteiger partial charge on any atom is -0.265 e. The van der Waals surface area contributed by atoms with Gasteiger partial charge in [-0.05, 0) is 32.6 Å². The van der Waals surface area contributed by atoms with Gasteiger partial charge in [0, 0.05) is 23.4 Å². The molecule has 0 saturated heterocycles. The summed E-state index contributed by atoms with van der Waals surface area (Å²) in [5.41, 5.74) is 2.44. The number of nitrogens with zero attached hydrogens (tertiary/aromatic N) is 1. The maximum atomic E-state index is 4.26. The molecule has 0 unspecified atom stereocenters. The van der Waals surface area contributed by atoms with Crippen LogP contribution in [0.25, 0.3) is 0 Å². The molecule has 2 rings (SSSR count). The first-order valence-electron chi connectivity index (χ1n) is 5.58. The van der Waals surface area contributed by atoms with Gasteiger partial charge in [-0.2, -0.15) is 0 Å². The molecule has 0 radical (unpaired) electrons. The number of rotatable bonds is 0. The molecule has 0 spiro atoms. The van der Waals surface area contributed by atoms with Crippen LogP contribution < -0.4 is 0 Å². The van der Waals surface area contributed by atoms with Crippen LogP contribution in [0.2, 0.25) is 0 Å². The van der Waals surface area contributed by atoms with Gasteiger partial charge in [0.05, 0.1) is 0 Å². The van der Waals surface area contributed by atoms with Gasteiger partial charge in [-0.3, -0.25) is 4.99 Å². The smallest absolute Gasteiger partial charge is 0.0382 e. The van der Waals surface area contributed by atoms with Crippen molar-refractivity contribution in [3.8, 4) is 11.8 Å².